The Morgan fingerprint density at radius 1 is 1.04 bits per heavy atom. The second-order valence-electron chi connectivity index (χ2n) is 5.80. The molecule has 140 valence electrons. The lowest BCUT2D eigenvalue weighted by atomic mass is 10.1. The monoisotopic (exact) mass is 357 g/mol. The summed E-state index contributed by atoms with van der Waals surface area (Å²) < 4.78 is 16.6. The normalized spacial score (nSPS) is 10.4. The molecule has 0 radical (unpaired) electrons. The van der Waals surface area contributed by atoms with E-state index in [0.717, 1.165) is 29.0 Å². The molecule has 26 heavy (non-hydrogen) atoms. The van der Waals surface area contributed by atoms with Gasteiger partial charge in [-0.15, -0.1) is 0 Å². The molecule has 0 heterocycles. The van der Waals surface area contributed by atoms with E-state index in [2.05, 4.69) is 12.2 Å². The molecule has 2 rings (SSSR count). The number of carbonyl (C=O) groups excluding carboxylic acids is 1. The van der Waals surface area contributed by atoms with Gasteiger partial charge in [0.1, 0.15) is 11.5 Å². The van der Waals surface area contributed by atoms with Crippen LogP contribution in [-0.4, -0.2) is 26.2 Å². The largest absolute Gasteiger partial charge is 0.496 e. The Kier molecular flexibility index (Phi) is 7.96. The van der Waals surface area contributed by atoms with Crippen molar-refractivity contribution < 1.29 is 19.0 Å². The Morgan fingerprint density at radius 3 is 2.58 bits per heavy atom. The summed E-state index contributed by atoms with van der Waals surface area (Å²) >= 11 is 0. The van der Waals surface area contributed by atoms with Crippen LogP contribution in [0.25, 0.3) is 0 Å². The van der Waals surface area contributed by atoms with E-state index in [1.807, 2.05) is 43.3 Å². The summed E-state index contributed by atoms with van der Waals surface area (Å²) in [6, 6.07) is 13.1. The third-order valence-electron chi connectivity index (χ3n) is 3.86. The van der Waals surface area contributed by atoms with Crippen LogP contribution in [0.4, 0.5) is 0 Å². The van der Waals surface area contributed by atoms with Gasteiger partial charge in [0.25, 0.3) is 5.91 Å². The predicted molar refractivity (Wildman–Crippen MR) is 102 cm³/mol. The fourth-order valence-electron chi connectivity index (χ4n) is 2.58. The fourth-order valence-corrected chi connectivity index (χ4v) is 2.58. The van der Waals surface area contributed by atoms with Crippen molar-refractivity contribution in [3.05, 3.63) is 59.2 Å². The van der Waals surface area contributed by atoms with Crippen LogP contribution in [0, 0.1) is 0 Å². The van der Waals surface area contributed by atoms with Crippen LogP contribution in [0.3, 0.4) is 0 Å². The molecule has 0 fully saturated rings. The Hall–Kier alpha value is -2.53. The summed E-state index contributed by atoms with van der Waals surface area (Å²) in [5.41, 5.74) is 2.39. The average molecular weight is 357 g/mol. The van der Waals surface area contributed by atoms with Gasteiger partial charge in [-0.2, -0.15) is 0 Å². The van der Waals surface area contributed by atoms with Crippen LogP contribution in [0.2, 0.25) is 0 Å². The maximum atomic E-state index is 12.5. The molecule has 0 aliphatic carbocycles. The number of carbonyl (C=O) groups is 1. The summed E-state index contributed by atoms with van der Waals surface area (Å²) in [4.78, 5) is 12.5. The van der Waals surface area contributed by atoms with Crippen LogP contribution >= 0.6 is 0 Å². The quantitative estimate of drug-likeness (QED) is 0.654. The summed E-state index contributed by atoms with van der Waals surface area (Å²) in [7, 11) is 1.62. The number of methoxy groups -OCH3 is 1. The number of amides is 1. The minimum Gasteiger partial charge on any atom is -0.496 e. The van der Waals surface area contributed by atoms with Crippen molar-refractivity contribution in [3.63, 3.8) is 0 Å². The molecule has 1 amide bonds. The molecule has 1 N–H and O–H groups in total. The standard InChI is InChI=1S/C21H27NO4/c1-4-12-25-15-18-13-16(10-11-20(18)26-5-2)21(23)22-14-17-8-6-7-9-19(17)24-3/h6-11,13H,4-5,12,14-15H2,1-3H3,(H,22,23). The molecule has 0 saturated heterocycles. The van der Waals surface area contributed by atoms with E-state index in [-0.39, 0.29) is 5.91 Å². The summed E-state index contributed by atoms with van der Waals surface area (Å²) in [5, 5.41) is 2.94. The second-order valence-corrected chi connectivity index (χ2v) is 5.80. The topological polar surface area (TPSA) is 56.8 Å². The summed E-state index contributed by atoms with van der Waals surface area (Å²) in [5.74, 6) is 1.37. The van der Waals surface area contributed by atoms with E-state index in [9.17, 15) is 4.79 Å². The highest BCUT2D eigenvalue weighted by Crippen LogP contribution is 2.22. The number of benzene rings is 2. The number of para-hydroxylation sites is 1. The molecule has 5 heteroatoms. The SMILES string of the molecule is CCCOCc1cc(C(=O)NCc2ccccc2OC)ccc1OCC. The van der Waals surface area contributed by atoms with Gasteiger partial charge in [0.2, 0.25) is 0 Å². The lowest BCUT2D eigenvalue weighted by molar-refractivity contribution is 0.0949. The van der Waals surface area contributed by atoms with Gasteiger partial charge in [0.05, 0.1) is 20.3 Å². The first-order chi connectivity index (χ1) is 12.7. The molecule has 0 bridgehead atoms. The molecule has 0 spiro atoms. The molecular weight excluding hydrogens is 330 g/mol. The van der Waals surface area contributed by atoms with Gasteiger partial charge < -0.3 is 19.5 Å². The molecule has 0 aromatic heterocycles. The molecule has 2 aromatic rings. The van der Waals surface area contributed by atoms with E-state index in [1.165, 1.54) is 0 Å². The highest BCUT2D eigenvalue weighted by molar-refractivity contribution is 5.94. The predicted octanol–water partition coefficient (Wildman–Crippen LogP) is 3.95. The van der Waals surface area contributed by atoms with Crippen molar-refractivity contribution in [2.45, 2.75) is 33.4 Å². The number of rotatable bonds is 10. The van der Waals surface area contributed by atoms with Gasteiger partial charge in [0.15, 0.2) is 0 Å². The van der Waals surface area contributed by atoms with Gasteiger partial charge in [-0.05, 0) is 37.6 Å². The average Bonchev–Trinajstić information content (AvgIpc) is 2.67. The third kappa shape index (κ3) is 5.49. The van der Waals surface area contributed by atoms with Crippen molar-refractivity contribution in [3.8, 4) is 11.5 Å². The molecule has 0 aliphatic rings. The molecule has 0 atom stereocenters. The molecule has 5 nitrogen and oxygen atoms in total. The molecule has 2 aromatic carbocycles. The number of hydrogen-bond acceptors (Lipinski definition) is 4. The maximum absolute atomic E-state index is 12.5. The van der Waals surface area contributed by atoms with Crippen molar-refractivity contribution in [1.29, 1.82) is 0 Å². The van der Waals surface area contributed by atoms with Crippen LogP contribution in [0.1, 0.15) is 41.8 Å². The van der Waals surface area contributed by atoms with Gasteiger partial charge >= 0.3 is 0 Å². The van der Waals surface area contributed by atoms with Gasteiger partial charge in [-0.1, -0.05) is 25.1 Å². The number of ether oxygens (including phenoxy) is 3. The van der Waals surface area contributed by atoms with Gasteiger partial charge in [-0.25, -0.2) is 0 Å². The van der Waals surface area contributed by atoms with Crippen LogP contribution in [0.5, 0.6) is 11.5 Å². The number of hydrogen-bond donors (Lipinski definition) is 1. The van der Waals surface area contributed by atoms with E-state index < -0.39 is 0 Å². The van der Waals surface area contributed by atoms with Crippen molar-refractivity contribution >= 4 is 5.91 Å². The minimum absolute atomic E-state index is 0.143. The highest BCUT2D eigenvalue weighted by Gasteiger charge is 2.12. The van der Waals surface area contributed by atoms with Gasteiger partial charge in [-0.3, -0.25) is 4.79 Å². The zero-order valence-corrected chi connectivity index (χ0v) is 15.7. The van der Waals surface area contributed by atoms with E-state index in [0.29, 0.717) is 31.9 Å². The first-order valence-electron chi connectivity index (χ1n) is 8.93. The molecular formula is C21H27NO4. The molecule has 0 unspecified atom stereocenters. The van der Waals surface area contributed by atoms with E-state index in [1.54, 1.807) is 13.2 Å². The summed E-state index contributed by atoms with van der Waals surface area (Å²) in [6.45, 7) is 6.07. The fraction of sp³-hybridized carbons (Fsp3) is 0.381. The lowest BCUT2D eigenvalue weighted by Crippen LogP contribution is -2.23. The zero-order valence-electron chi connectivity index (χ0n) is 15.7. The minimum atomic E-state index is -0.143. The Bertz CT molecular complexity index is 715. The van der Waals surface area contributed by atoms with Crippen LogP contribution in [-0.2, 0) is 17.9 Å². The van der Waals surface area contributed by atoms with E-state index >= 15 is 0 Å². The van der Waals surface area contributed by atoms with Crippen LogP contribution < -0.4 is 14.8 Å². The van der Waals surface area contributed by atoms with Gasteiger partial charge in [0, 0.05) is 29.8 Å². The number of nitrogens with one attached hydrogen (secondary N) is 1. The van der Waals surface area contributed by atoms with Crippen molar-refractivity contribution in [1.82, 2.24) is 5.32 Å². The van der Waals surface area contributed by atoms with E-state index in [4.69, 9.17) is 14.2 Å². The molecule has 0 aliphatic heterocycles. The summed E-state index contributed by atoms with van der Waals surface area (Å²) in [6.07, 6.45) is 0.947. The lowest BCUT2D eigenvalue weighted by Gasteiger charge is -2.13. The smallest absolute Gasteiger partial charge is 0.251 e. The first kappa shape index (κ1) is 19.8. The Labute approximate surface area is 155 Å². The Balaban J connectivity index is 2.08. The second kappa shape index (κ2) is 10.5. The highest BCUT2D eigenvalue weighted by atomic mass is 16.5. The Morgan fingerprint density at radius 2 is 1.85 bits per heavy atom. The maximum Gasteiger partial charge on any atom is 0.251 e. The van der Waals surface area contributed by atoms with Crippen LogP contribution in [0.15, 0.2) is 42.5 Å². The molecule has 0 saturated carbocycles. The first-order valence-corrected chi connectivity index (χ1v) is 8.93. The van der Waals surface area contributed by atoms with Crippen molar-refractivity contribution in [2.75, 3.05) is 20.3 Å². The zero-order chi connectivity index (χ0) is 18.8. The van der Waals surface area contributed by atoms with Crippen molar-refractivity contribution in [2.24, 2.45) is 0 Å². The third-order valence-corrected chi connectivity index (χ3v) is 3.86.